The summed E-state index contributed by atoms with van der Waals surface area (Å²) in [6, 6.07) is 1.99. The summed E-state index contributed by atoms with van der Waals surface area (Å²) >= 11 is 1.55. The molecule has 1 unspecified atom stereocenters. The Balaban J connectivity index is 1.92. The van der Waals surface area contributed by atoms with Crippen LogP contribution in [0.4, 0.5) is 0 Å². The van der Waals surface area contributed by atoms with Crippen molar-refractivity contribution in [1.82, 2.24) is 4.90 Å². The maximum absolute atomic E-state index is 12.2. The van der Waals surface area contributed by atoms with E-state index in [1.165, 1.54) is 12.8 Å². The summed E-state index contributed by atoms with van der Waals surface area (Å²) in [4.78, 5) is 14.9. The van der Waals surface area contributed by atoms with Crippen molar-refractivity contribution in [2.24, 2.45) is 11.8 Å². The van der Waals surface area contributed by atoms with Crippen molar-refractivity contribution in [2.75, 3.05) is 13.7 Å². The molecule has 0 saturated heterocycles. The maximum Gasteiger partial charge on any atom is 0.225 e. The number of hydrogen-bond acceptors (Lipinski definition) is 3. The van der Waals surface area contributed by atoms with E-state index in [9.17, 15) is 4.79 Å². The zero-order valence-electron chi connectivity index (χ0n) is 11.3. The van der Waals surface area contributed by atoms with Crippen LogP contribution >= 0.6 is 11.3 Å². The first-order chi connectivity index (χ1) is 9.11. The number of hydrogen-bond donors (Lipinski definition) is 1. The second-order valence-electron chi connectivity index (χ2n) is 5.10. The molecule has 1 saturated carbocycles. The fourth-order valence-electron chi connectivity index (χ4n) is 2.15. The van der Waals surface area contributed by atoms with Crippen molar-refractivity contribution in [1.29, 1.82) is 0 Å². The van der Waals surface area contributed by atoms with Crippen LogP contribution in [0.5, 0.6) is 0 Å². The van der Waals surface area contributed by atoms with Crippen LogP contribution in [-0.4, -0.2) is 29.6 Å². The monoisotopic (exact) mass is 277 g/mol. The largest absolute Gasteiger partial charge is 0.384 e. The molecule has 0 radical (unpaired) electrons. The van der Waals surface area contributed by atoms with Crippen molar-refractivity contribution in [3.63, 3.8) is 0 Å². The van der Waals surface area contributed by atoms with Crippen LogP contribution in [0.15, 0.2) is 11.4 Å². The molecule has 1 aromatic rings. The summed E-state index contributed by atoms with van der Waals surface area (Å²) in [5, 5.41) is 10.7. The lowest BCUT2D eigenvalue weighted by atomic mass is 10.1. The highest BCUT2D eigenvalue weighted by Crippen LogP contribution is 2.37. The lowest BCUT2D eigenvalue weighted by molar-refractivity contribution is -0.134. The van der Waals surface area contributed by atoms with Gasteiger partial charge >= 0.3 is 0 Å². The molecule has 1 fully saturated rings. The molecule has 102 valence electrons. The standard InChI is InChI=1S/C15H19NO2S/c1-11(13-5-6-13)15(18)16(2)9-12-8-14(19-10-12)4-3-7-17/h8,10-11,13,17H,5-7,9H2,1-2H3. The average Bonchev–Trinajstić information content (AvgIpc) is 3.16. The molecule has 1 atom stereocenters. The second kappa shape index (κ2) is 6.23. The Labute approximate surface area is 118 Å². The Hall–Kier alpha value is -1.31. The van der Waals surface area contributed by atoms with E-state index in [0.717, 1.165) is 10.4 Å². The van der Waals surface area contributed by atoms with Gasteiger partial charge in [-0.25, -0.2) is 0 Å². The number of aliphatic hydroxyl groups is 1. The van der Waals surface area contributed by atoms with Crippen LogP contribution in [-0.2, 0) is 11.3 Å². The third-order valence-electron chi connectivity index (χ3n) is 3.46. The lowest BCUT2D eigenvalue weighted by Crippen LogP contribution is -2.32. The summed E-state index contributed by atoms with van der Waals surface area (Å²) in [5.74, 6) is 6.50. The van der Waals surface area contributed by atoms with E-state index < -0.39 is 0 Å². The van der Waals surface area contributed by atoms with Gasteiger partial charge in [0.2, 0.25) is 5.91 Å². The summed E-state index contributed by atoms with van der Waals surface area (Å²) < 4.78 is 0. The molecule has 1 heterocycles. The van der Waals surface area contributed by atoms with Crippen LogP contribution in [0.2, 0.25) is 0 Å². The number of thiophene rings is 1. The molecule has 4 heteroatoms. The fourth-order valence-corrected chi connectivity index (χ4v) is 2.92. The number of amides is 1. The van der Waals surface area contributed by atoms with Gasteiger partial charge in [-0.05, 0) is 35.8 Å². The number of rotatable bonds is 4. The van der Waals surface area contributed by atoms with E-state index in [1.807, 2.05) is 25.4 Å². The molecule has 19 heavy (non-hydrogen) atoms. The van der Waals surface area contributed by atoms with E-state index in [-0.39, 0.29) is 18.4 Å². The van der Waals surface area contributed by atoms with Gasteiger partial charge in [0, 0.05) is 19.5 Å². The zero-order chi connectivity index (χ0) is 13.8. The Morgan fingerprint density at radius 3 is 3.00 bits per heavy atom. The van der Waals surface area contributed by atoms with Gasteiger partial charge in [-0.3, -0.25) is 4.79 Å². The zero-order valence-corrected chi connectivity index (χ0v) is 12.2. The molecule has 3 nitrogen and oxygen atoms in total. The van der Waals surface area contributed by atoms with E-state index >= 15 is 0 Å². The quantitative estimate of drug-likeness (QED) is 0.856. The van der Waals surface area contributed by atoms with Gasteiger partial charge in [-0.1, -0.05) is 18.8 Å². The maximum atomic E-state index is 12.2. The molecule has 1 aromatic heterocycles. The predicted octanol–water partition coefficient (Wildman–Crippen LogP) is 2.10. The van der Waals surface area contributed by atoms with Gasteiger partial charge in [0.05, 0.1) is 4.88 Å². The smallest absolute Gasteiger partial charge is 0.225 e. The van der Waals surface area contributed by atoms with Crippen LogP contribution in [0.25, 0.3) is 0 Å². The minimum Gasteiger partial charge on any atom is -0.384 e. The summed E-state index contributed by atoms with van der Waals surface area (Å²) in [7, 11) is 1.86. The molecule has 0 aliphatic heterocycles. The van der Waals surface area contributed by atoms with Crippen molar-refractivity contribution in [3.8, 4) is 11.8 Å². The number of carbonyl (C=O) groups is 1. The second-order valence-corrected chi connectivity index (χ2v) is 6.01. The molecule has 1 aliphatic carbocycles. The highest BCUT2D eigenvalue weighted by atomic mass is 32.1. The number of nitrogens with zero attached hydrogens (tertiary/aromatic N) is 1. The first-order valence-electron chi connectivity index (χ1n) is 6.54. The van der Waals surface area contributed by atoms with Gasteiger partial charge in [-0.15, -0.1) is 11.3 Å². The third-order valence-corrected chi connectivity index (χ3v) is 4.35. The molecule has 1 aliphatic rings. The summed E-state index contributed by atoms with van der Waals surface area (Å²) in [6.07, 6.45) is 2.39. The van der Waals surface area contributed by atoms with Crippen molar-refractivity contribution in [2.45, 2.75) is 26.3 Å². The van der Waals surface area contributed by atoms with Crippen LogP contribution < -0.4 is 0 Å². The van der Waals surface area contributed by atoms with Crippen LogP contribution in [0.3, 0.4) is 0 Å². The van der Waals surface area contributed by atoms with Gasteiger partial charge in [0.25, 0.3) is 0 Å². The van der Waals surface area contributed by atoms with Crippen molar-refractivity contribution >= 4 is 17.2 Å². The van der Waals surface area contributed by atoms with Gasteiger partial charge in [0.15, 0.2) is 0 Å². The van der Waals surface area contributed by atoms with E-state index in [1.54, 1.807) is 16.2 Å². The van der Waals surface area contributed by atoms with Crippen LogP contribution in [0.1, 0.15) is 30.2 Å². The van der Waals surface area contributed by atoms with E-state index in [4.69, 9.17) is 5.11 Å². The average molecular weight is 277 g/mol. The first-order valence-corrected chi connectivity index (χ1v) is 7.42. The molecule has 0 bridgehead atoms. The SMILES string of the molecule is CC(C(=O)N(C)Cc1csc(C#CCO)c1)C1CC1. The Morgan fingerprint density at radius 1 is 1.63 bits per heavy atom. The predicted molar refractivity (Wildman–Crippen MR) is 76.6 cm³/mol. The third kappa shape index (κ3) is 3.82. The number of carbonyl (C=O) groups excluding carboxylic acids is 1. The van der Waals surface area contributed by atoms with Gasteiger partial charge < -0.3 is 10.0 Å². The fraction of sp³-hybridized carbons (Fsp3) is 0.533. The molecule has 2 rings (SSSR count). The first kappa shape index (κ1) is 14.1. The van der Waals surface area contributed by atoms with Crippen LogP contribution in [0, 0.1) is 23.7 Å². The number of aliphatic hydroxyl groups excluding tert-OH is 1. The van der Waals surface area contributed by atoms with Gasteiger partial charge in [0.1, 0.15) is 6.61 Å². The van der Waals surface area contributed by atoms with Crippen molar-refractivity contribution in [3.05, 3.63) is 21.9 Å². The molecule has 0 spiro atoms. The van der Waals surface area contributed by atoms with Crippen molar-refractivity contribution < 1.29 is 9.90 Å². The van der Waals surface area contributed by atoms with E-state index in [0.29, 0.717) is 12.5 Å². The lowest BCUT2D eigenvalue weighted by Gasteiger charge is -2.20. The Bertz CT molecular complexity index is 508. The molecular weight excluding hydrogens is 258 g/mol. The highest BCUT2D eigenvalue weighted by Gasteiger charge is 2.33. The normalized spacial score (nSPS) is 15.5. The van der Waals surface area contributed by atoms with Gasteiger partial charge in [-0.2, -0.15) is 0 Å². The highest BCUT2D eigenvalue weighted by molar-refractivity contribution is 7.10. The Kier molecular flexibility index (Phi) is 4.62. The molecule has 1 N–H and O–H groups in total. The molecular formula is C15H19NO2S. The molecule has 0 aromatic carbocycles. The molecule has 1 amide bonds. The van der Waals surface area contributed by atoms with E-state index in [2.05, 4.69) is 11.8 Å². The minimum atomic E-state index is -0.121. The summed E-state index contributed by atoms with van der Waals surface area (Å²) in [5.41, 5.74) is 1.10. The Morgan fingerprint density at radius 2 is 2.37 bits per heavy atom. The minimum absolute atomic E-state index is 0.121. The summed E-state index contributed by atoms with van der Waals surface area (Å²) in [6.45, 7) is 2.54. The topological polar surface area (TPSA) is 40.5 Å².